The second-order valence-electron chi connectivity index (χ2n) is 11.3. The number of aliphatic carboxylic acids is 1. The zero-order chi connectivity index (χ0) is 24.2. The van der Waals surface area contributed by atoms with Gasteiger partial charge < -0.3 is 24.9 Å². The Bertz CT molecular complexity index is 769. The second kappa shape index (κ2) is 8.82. The third kappa shape index (κ3) is 4.29. The maximum absolute atomic E-state index is 13.5. The molecule has 7 unspecified atom stereocenters. The van der Waals surface area contributed by atoms with Gasteiger partial charge in [-0.2, -0.15) is 0 Å². The largest absolute Gasteiger partial charge is 0.548 e. The van der Waals surface area contributed by atoms with E-state index in [0.717, 1.165) is 12.8 Å². The maximum atomic E-state index is 13.5. The molecule has 1 saturated carbocycles. The summed E-state index contributed by atoms with van der Waals surface area (Å²) in [5.41, 5.74) is -1.08. The highest BCUT2D eigenvalue weighted by Crippen LogP contribution is 2.50. The number of amides is 2. The minimum atomic E-state index is -1.26. The lowest BCUT2D eigenvalue weighted by molar-refractivity contribution is -0.312. The Morgan fingerprint density at radius 1 is 1.25 bits per heavy atom. The summed E-state index contributed by atoms with van der Waals surface area (Å²) in [6, 6.07) is -1.75. The smallest absolute Gasteiger partial charge is 0.252 e. The molecular formula is C24H39N2O5S-. The van der Waals surface area contributed by atoms with Crippen LogP contribution in [0.2, 0.25) is 0 Å². The molecule has 3 fully saturated rings. The van der Waals surface area contributed by atoms with Crippen molar-refractivity contribution >= 4 is 29.5 Å². The van der Waals surface area contributed by atoms with Crippen LogP contribution in [0.3, 0.4) is 0 Å². The van der Waals surface area contributed by atoms with Crippen molar-refractivity contribution in [1.82, 2.24) is 10.2 Å². The highest BCUT2D eigenvalue weighted by Gasteiger charge is 2.62. The summed E-state index contributed by atoms with van der Waals surface area (Å²) >= 11 is 1.40. The molecule has 0 spiro atoms. The molecule has 1 N–H and O–H groups in total. The molecule has 7 nitrogen and oxygen atoms in total. The minimum Gasteiger partial charge on any atom is -0.548 e. The third-order valence-corrected chi connectivity index (χ3v) is 9.43. The van der Waals surface area contributed by atoms with E-state index >= 15 is 0 Å². The number of nitrogens with zero attached hydrogens (tertiary/aromatic N) is 1. The molecule has 2 amide bonds. The second-order valence-corrected chi connectivity index (χ2v) is 13.0. The van der Waals surface area contributed by atoms with E-state index in [-0.39, 0.29) is 23.8 Å². The van der Waals surface area contributed by atoms with Gasteiger partial charge in [-0.1, -0.05) is 41.0 Å². The van der Waals surface area contributed by atoms with Gasteiger partial charge in [0.2, 0.25) is 5.91 Å². The average Bonchev–Trinajstić information content (AvgIpc) is 2.93. The van der Waals surface area contributed by atoms with Crippen LogP contribution in [0.25, 0.3) is 0 Å². The SMILES string of the molecule is CC1CCC(C(C)C)C(OC(C)(C(=O)NC2C(=O)N3C2SC(C)(C)C3C(=O)[O-])C(C)C)C1. The van der Waals surface area contributed by atoms with Gasteiger partial charge in [0.25, 0.3) is 5.91 Å². The van der Waals surface area contributed by atoms with E-state index in [9.17, 15) is 19.5 Å². The van der Waals surface area contributed by atoms with Crippen molar-refractivity contribution in [3.8, 4) is 0 Å². The predicted molar refractivity (Wildman–Crippen MR) is 122 cm³/mol. The van der Waals surface area contributed by atoms with Gasteiger partial charge in [-0.05, 0) is 57.3 Å². The van der Waals surface area contributed by atoms with Crippen LogP contribution >= 0.6 is 11.8 Å². The number of β-lactam (4-membered cyclic amide) rings is 1. The fraction of sp³-hybridized carbons (Fsp3) is 0.875. The molecule has 2 heterocycles. The van der Waals surface area contributed by atoms with Crippen LogP contribution in [-0.4, -0.2) is 56.6 Å². The van der Waals surface area contributed by atoms with Crippen LogP contribution in [0.4, 0.5) is 0 Å². The Labute approximate surface area is 196 Å². The topological polar surface area (TPSA) is 98.8 Å². The van der Waals surface area contributed by atoms with Gasteiger partial charge in [-0.25, -0.2) is 0 Å². The summed E-state index contributed by atoms with van der Waals surface area (Å²) in [5, 5.41) is 14.1. The Morgan fingerprint density at radius 2 is 1.88 bits per heavy atom. The van der Waals surface area contributed by atoms with Crippen LogP contribution in [0.5, 0.6) is 0 Å². The molecule has 32 heavy (non-hydrogen) atoms. The van der Waals surface area contributed by atoms with E-state index in [1.807, 2.05) is 20.8 Å². The number of fused-ring (bicyclic) bond motifs is 1. The fourth-order valence-electron chi connectivity index (χ4n) is 5.43. The number of hydrogen-bond acceptors (Lipinski definition) is 6. The quantitative estimate of drug-likeness (QED) is 0.576. The molecule has 0 bridgehead atoms. The van der Waals surface area contributed by atoms with E-state index in [2.05, 4.69) is 26.1 Å². The molecule has 3 aliphatic rings. The van der Waals surface area contributed by atoms with E-state index < -0.39 is 33.8 Å². The molecular weight excluding hydrogens is 428 g/mol. The van der Waals surface area contributed by atoms with E-state index in [0.29, 0.717) is 17.8 Å². The molecule has 182 valence electrons. The van der Waals surface area contributed by atoms with Crippen LogP contribution in [0.1, 0.15) is 74.7 Å². The van der Waals surface area contributed by atoms with Gasteiger partial charge in [0, 0.05) is 4.75 Å². The van der Waals surface area contributed by atoms with Crippen LogP contribution < -0.4 is 10.4 Å². The Hall–Kier alpha value is -1.28. The summed E-state index contributed by atoms with van der Waals surface area (Å²) in [6.07, 6.45) is 3.18. The molecule has 0 aromatic carbocycles. The molecule has 8 heteroatoms. The monoisotopic (exact) mass is 467 g/mol. The highest BCUT2D eigenvalue weighted by molar-refractivity contribution is 8.01. The predicted octanol–water partition coefficient (Wildman–Crippen LogP) is 2.18. The molecule has 2 aliphatic heterocycles. The first kappa shape index (κ1) is 25.3. The number of ether oxygens (including phenoxy) is 1. The summed E-state index contributed by atoms with van der Waals surface area (Å²) < 4.78 is 5.93. The molecule has 3 rings (SSSR count). The lowest BCUT2D eigenvalue weighted by atomic mass is 9.75. The van der Waals surface area contributed by atoms with Crippen molar-refractivity contribution in [1.29, 1.82) is 0 Å². The van der Waals surface area contributed by atoms with Crippen molar-refractivity contribution in [2.45, 2.75) is 109 Å². The number of rotatable bonds is 7. The summed E-state index contributed by atoms with van der Waals surface area (Å²) in [7, 11) is 0. The first-order chi connectivity index (χ1) is 14.7. The summed E-state index contributed by atoms with van der Waals surface area (Å²) in [5.74, 6) is -0.614. The minimum absolute atomic E-state index is 0.00672. The van der Waals surface area contributed by atoms with Crippen molar-refractivity contribution in [2.24, 2.45) is 23.7 Å². The van der Waals surface area contributed by atoms with Crippen molar-refractivity contribution in [2.75, 3.05) is 0 Å². The maximum Gasteiger partial charge on any atom is 0.252 e. The molecule has 1 aliphatic carbocycles. The van der Waals surface area contributed by atoms with E-state index in [1.165, 1.54) is 23.1 Å². The number of nitrogens with one attached hydrogen (secondary N) is 1. The van der Waals surface area contributed by atoms with Crippen LogP contribution in [0, 0.1) is 23.7 Å². The zero-order valence-corrected chi connectivity index (χ0v) is 21.5. The van der Waals surface area contributed by atoms with Crippen LogP contribution in [-0.2, 0) is 19.1 Å². The first-order valence-electron chi connectivity index (χ1n) is 11.9. The third-order valence-electron chi connectivity index (χ3n) is 7.86. The summed E-state index contributed by atoms with van der Waals surface area (Å²) in [4.78, 5) is 39.3. The lowest BCUT2D eigenvalue weighted by Gasteiger charge is -2.47. The van der Waals surface area contributed by atoms with Gasteiger partial charge >= 0.3 is 0 Å². The van der Waals surface area contributed by atoms with E-state index in [4.69, 9.17) is 4.74 Å². The Balaban J connectivity index is 1.76. The normalized spacial score (nSPS) is 35.9. The lowest BCUT2D eigenvalue weighted by Crippen LogP contribution is -2.73. The van der Waals surface area contributed by atoms with Gasteiger partial charge in [0.1, 0.15) is 17.0 Å². The Kier molecular flexibility index (Phi) is 6.99. The fourth-order valence-corrected chi connectivity index (χ4v) is 7.05. The molecule has 0 aromatic heterocycles. The zero-order valence-electron chi connectivity index (χ0n) is 20.6. The van der Waals surface area contributed by atoms with Crippen molar-refractivity contribution in [3.05, 3.63) is 0 Å². The van der Waals surface area contributed by atoms with E-state index in [1.54, 1.807) is 13.8 Å². The highest BCUT2D eigenvalue weighted by atomic mass is 32.2. The number of carbonyl (C=O) groups excluding carboxylic acids is 3. The van der Waals surface area contributed by atoms with Gasteiger partial charge in [0.05, 0.1) is 18.1 Å². The number of carboxylic acid groups (broad SMARTS) is 1. The van der Waals surface area contributed by atoms with Gasteiger partial charge in [0.15, 0.2) is 0 Å². The number of thioether (sulfide) groups is 1. The number of carbonyl (C=O) groups is 3. The standard InChI is InChI=1S/C24H40N2O5S/c1-12(2)15-10-9-14(5)11-16(15)31-24(8,13(3)4)22(30)25-17-19(27)26-18(21(28)29)23(6,7)32-20(17)26/h12-18,20H,9-11H2,1-8H3,(H,25,30)(H,28,29)/p-1. The van der Waals surface area contributed by atoms with Gasteiger partial charge in [-0.15, -0.1) is 11.8 Å². The van der Waals surface area contributed by atoms with Crippen molar-refractivity contribution < 1.29 is 24.2 Å². The first-order valence-corrected chi connectivity index (χ1v) is 12.8. The number of hydrogen-bond donors (Lipinski definition) is 1. The van der Waals surface area contributed by atoms with Crippen LogP contribution in [0.15, 0.2) is 0 Å². The molecule has 7 atom stereocenters. The molecule has 2 saturated heterocycles. The summed E-state index contributed by atoms with van der Waals surface area (Å²) in [6.45, 7) is 16.0. The molecule has 0 aromatic rings. The van der Waals surface area contributed by atoms with Crippen molar-refractivity contribution in [3.63, 3.8) is 0 Å². The van der Waals surface area contributed by atoms with Gasteiger partial charge in [-0.3, -0.25) is 9.59 Å². The Morgan fingerprint density at radius 3 is 2.41 bits per heavy atom. The number of carboxylic acids is 1. The average molecular weight is 468 g/mol. The molecule has 0 radical (unpaired) electrons.